The molecule has 1 unspecified atom stereocenters. The summed E-state index contributed by atoms with van der Waals surface area (Å²) in [6.07, 6.45) is 3.09. The van der Waals surface area contributed by atoms with E-state index in [9.17, 15) is 18.3 Å². The number of hydrogen-bond donors (Lipinski definition) is 2. The number of carboxylic acid groups (broad SMARTS) is 1. The number of anilines is 2. The summed E-state index contributed by atoms with van der Waals surface area (Å²) in [5.41, 5.74) is 1.89. The largest absolute Gasteiger partial charge is 0.478 e. The summed E-state index contributed by atoms with van der Waals surface area (Å²) in [5.74, 6) is -0.138. The van der Waals surface area contributed by atoms with Gasteiger partial charge in [-0.3, -0.25) is 4.72 Å². The van der Waals surface area contributed by atoms with Crippen molar-refractivity contribution in [2.75, 3.05) is 22.7 Å². The van der Waals surface area contributed by atoms with E-state index in [0.717, 1.165) is 43.6 Å². The number of piperidine rings is 1. The summed E-state index contributed by atoms with van der Waals surface area (Å²) >= 11 is 0. The number of aromatic carboxylic acids is 1. The van der Waals surface area contributed by atoms with E-state index in [4.69, 9.17) is 0 Å². The van der Waals surface area contributed by atoms with Crippen LogP contribution in [-0.2, 0) is 16.4 Å². The van der Waals surface area contributed by atoms with E-state index in [-0.39, 0.29) is 16.1 Å². The summed E-state index contributed by atoms with van der Waals surface area (Å²) in [4.78, 5) is 14.1. The molecule has 2 N–H and O–H groups in total. The predicted molar refractivity (Wildman–Crippen MR) is 120 cm³/mol. The van der Waals surface area contributed by atoms with Crippen molar-refractivity contribution in [2.24, 2.45) is 11.8 Å². The lowest BCUT2D eigenvalue weighted by molar-refractivity contribution is 0.0698. The van der Waals surface area contributed by atoms with Gasteiger partial charge in [0, 0.05) is 18.8 Å². The van der Waals surface area contributed by atoms with Gasteiger partial charge in [0.15, 0.2) is 0 Å². The second kappa shape index (κ2) is 9.08. The fraction of sp³-hybridized carbons (Fsp3) is 0.435. The Balaban J connectivity index is 1.85. The Morgan fingerprint density at radius 3 is 2.50 bits per heavy atom. The van der Waals surface area contributed by atoms with E-state index in [1.165, 1.54) is 0 Å². The quantitative estimate of drug-likeness (QED) is 0.669. The van der Waals surface area contributed by atoms with Crippen LogP contribution in [0.3, 0.4) is 0 Å². The first-order chi connectivity index (χ1) is 14.2. The zero-order valence-corrected chi connectivity index (χ0v) is 18.6. The van der Waals surface area contributed by atoms with Gasteiger partial charge in [0.05, 0.1) is 16.1 Å². The topological polar surface area (TPSA) is 86.7 Å². The van der Waals surface area contributed by atoms with Crippen LogP contribution in [0.25, 0.3) is 0 Å². The van der Waals surface area contributed by atoms with Gasteiger partial charge in [0.2, 0.25) is 0 Å². The first kappa shape index (κ1) is 22.2. The molecule has 1 aliphatic heterocycles. The molecular weight excluding hydrogens is 400 g/mol. The molecule has 3 rings (SSSR count). The van der Waals surface area contributed by atoms with Crippen LogP contribution in [0.5, 0.6) is 0 Å². The van der Waals surface area contributed by atoms with Crippen LogP contribution in [0.2, 0.25) is 0 Å². The molecule has 0 amide bonds. The van der Waals surface area contributed by atoms with Gasteiger partial charge in [-0.05, 0) is 67.0 Å². The molecule has 1 aliphatic rings. The maximum absolute atomic E-state index is 12.8. The van der Waals surface area contributed by atoms with Gasteiger partial charge < -0.3 is 10.0 Å². The molecule has 0 aliphatic carbocycles. The molecule has 1 saturated heterocycles. The molecule has 30 heavy (non-hydrogen) atoms. The Hall–Kier alpha value is -2.54. The minimum atomic E-state index is -3.89. The average molecular weight is 431 g/mol. The van der Waals surface area contributed by atoms with E-state index in [2.05, 4.69) is 30.4 Å². The van der Waals surface area contributed by atoms with Gasteiger partial charge in [-0.25, -0.2) is 13.2 Å². The molecule has 1 heterocycles. The number of nitrogens with zero attached hydrogens (tertiary/aromatic N) is 1. The van der Waals surface area contributed by atoms with E-state index in [1.807, 2.05) is 0 Å². The molecule has 0 aromatic heterocycles. The van der Waals surface area contributed by atoms with Gasteiger partial charge >= 0.3 is 5.97 Å². The molecule has 2 aromatic rings. The van der Waals surface area contributed by atoms with Crippen molar-refractivity contribution in [1.82, 2.24) is 0 Å². The van der Waals surface area contributed by atoms with E-state index in [1.54, 1.807) is 42.5 Å². The first-order valence-electron chi connectivity index (χ1n) is 10.4. The fourth-order valence-electron chi connectivity index (χ4n) is 3.90. The SMILES string of the molecule is CC(C)Cc1ccc(S(=O)(=O)Nc2ccc(N3CCCC(C)C3)cc2C(=O)O)cc1. The van der Waals surface area contributed by atoms with Crippen LogP contribution in [0.15, 0.2) is 47.4 Å². The van der Waals surface area contributed by atoms with E-state index >= 15 is 0 Å². The number of nitrogens with one attached hydrogen (secondary N) is 1. The number of hydrogen-bond acceptors (Lipinski definition) is 4. The Morgan fingerprint density at radius 1 is 1.20 bits per heavy atom. The maximum atomic E-state index is 12.8. The third-order valence-corrected chi connectivity index (χ3v) is 6.76. The Labute approximate surface area is 179 Å². The highest BCUT2D eigenvalue weighted by Gasteiger charge is 2.22. The molecule has 6 nitrogen and oxygen atoms in total. The molecule has 0 radical (unpaired) electrons. The van der Waals surface area contributed by atoms with Gasteiger partial charge in [0.25, 0.3) is 10.0 Å². The highest BCUT2D eigenvalue weighted by molar-refractivity contribution is 7.92. The third kappa shape index (κ3) is 5.33. The molecule has 2 aromatic carbocycles. The van der Waals surface area contributed by atoms with Crippen molar-refractivity contribution in [3.63, 3.8) is 0 Å². The third-order valence-electron chi connectivity index (χ3n) is 5.38. The van der Waals surface area contributed by atoms with Crippen LogP contribution in [0.4, 0.5) is 11.4 Å². The highest BCUT2D eigenvalue weighted by Crippen LogP contribution is 2.29. The first-order valence-corrected chi connectivity index (χ1v) is 11.9. The van der Waals surface area contributed by atoms with E-state index in [0.29, 0.717) is 11.8 Å². The maximum Gasteiger partial charge on any atom is 0.337 e. The molecule has 0 bridgehead atoms. The van der Waals surface area contributed by atoms with E-state index < -0.39 is 16.0 Å². The fourth-order valence-corrected chi connectivity index (χ4v) is 4.98. The highest BCUT2D eigenvalue weighted by atomic mass is 32.2. The molecule has 7 heteroatoms. The number of carbonyl (C=O) groups is 1. The molecule has 0 spiro atoms. The lowest BCUT2D eigenvalue weighted by atomic mass is 9.99. The van der Waals surface area contributed by atoms with Crippen molar-refractivity contribution < 1.29 is 18.3 Å². The van der Waals surface area contributed by atoms with Crippen LogP contribution in [0, 0.1) is 11.8 Å². The van der Waals surface area contributed by atoms with Crippen molar-refractivity contribution >= 4 is 27.4 Å². The zero-order valence-electron chi connectivity index (χ0n) is 17.8. The Kier molecular flexibility index (Phi) is 6.71. The molecular formula is C23H30N2O4S. The number of rotatable bonds is 7. The average Bonchev–Trinajstić information content (AvgIpc) is 2.68. The van der Waals surface area contributed by atoms with Gasteiger partial charge in [-0.1, -0.05) is 32.9 Å². The van der Waals surface area contributed by atoms with Crippen molar-refractivity contribution in [2.45, 2.75) is 44.9 Å². The summed E-state index contributed by atoms with van der Waals surface area (Å²) in [6, 6.07) is 11.6. The summed E-state index contributed by atoms with van der Waals surface area (Å²) in [6.45, 7) is 8.13. The van der Waals surface area contributed by atoms with Crippen LogP contribution in [0.1, 0.15) is 49.5 Å². The van der Waals surface area contributed by atoms with Crippen LogP contribution < -0.4 is 9.62 Å². The zero-order chi connectivity index (χ0) is 21.9. The lowest BCUT2D eigenvalue weighted by Crippen LogP contribution is -2.34. The Morgan fingerprint density at radius 2 is 1.90 bits per heavy atom. The summed E-state index contributed by atoms with van der Waals surface area (Å²) in [7, 11) is -3.89. The van der Waals surface area contributed by atoms with Crippen molar-refractivity contribution in [3.05, 3.63) is 53.6 Å². The monoisotopic (exact) mass is 430 g/mol. The molecule has 162 valence electrons. The van der Waals surface area contributed by atoms with Gasteiger partial charge in [-0.2, -0.15) is 0 Å². The molecule has 1 atom stereocenters. The summed E-state index contributed by atoms with van der Waals surface area (Å²) in [5, 5.41) is 9.67. The van der Waals surface area contributed by atoms with Crippen LogP contribution >= 0.6 is 0 Å². The van der Waals surface area contributed by atoms with Crippen molar-refractivity contribution in [1.29, 1.82) is 0 Å². The minimum absolute atomic E-state index is 0.0503. The molecule has 1 fully saturated rings. The second-order valence-electron chi connectivity index (χ2n) is 8.58. The molecule has 0 saturated carbocycles. The van der Waals surface area contributed by atoms with Crippen LogP contribution in [-0.4, -0.2) is 32.6 Å². The Bertz CT molecular complexity index is 1000. The minimum Gasteiger partial charge on any atom is -0.478 e. The number of carboxylic acids is 1. The smallest absolute Gasteiger partial charge is 0.337 e. The van der Waals surface area contributed by atoms with Crippen molar-refractivity contribution in [3.8, 4) is 0 Å². The lowest BCUT2D eigenvalue weighted by Gasteiger charge is -2.33. The van der Waals surface area contributed by atoms with Gasteiger partial charge in [0.1, 0.15) is 0 Å². The number of benzene rings is 2. The second-order valence-corrected chi connectivity index (χ2v) is 10.3. The standard InChI is InChI=1S/C23H30N2O4S/c1-16(2)13-18-6-9-20(10-7-18)30(28,29)24-22-11-8-19(14-21(22)23(26)27)25-12-4-5-17(3)15-25/h6-11,14,16-17,24H,4-5,12-13,15H2,1-3H3,(H,26,27). The number of sulfonamides is 1. The summed E-state index contributed by atoms with van der Waals surface area (Å²) < 4.78 is 28.1. The predicted octanol–water partition coefficient (Wildman–Crippen LogP) is 4.62. The normalized spacial score (nSPS) is 17.2. The van der Waals surface area contributed by atoms with Gasteiger partial charge in [-0.15, -0.1) is 0 Å².